The van der Waals surface area contributed by atoms with Gasteiger partial charge in [0.05, 0.1) is 9.68 Å². The molecule has 0 rings (SSSR count). The molecule has 0 radical (unpaired) electrons. The molecule has 1 atom stereocenters. The van der Waals surface area contributed by atoms with E-state index in [1.54, 1.807) is 0 Å². The summed E-state index contributed by atoms with van der Waals surface area (Å²) in [4.78, 5) is 6.05. The smallest absolute Gasteiger partial charge is 0.0933 e. The van der Waals surface area contributed by atoms with Crippen LogP contribution >= 0.6 is 0 Å². The van der Waals surface area contributed by atoms with Gasteiger partial charge in [-0.2, -0.15) is 0 Å². The topological polar surface area (TPSA) is 15.3 Å². The molecular weight excluding hydrogens is 176 g/mol. The Balaban J connectivity index is 3.23. The Labute approximate surface area is 86.0 Å². The maximum Gasteiger partial charge on any atom is 0.0933 e. The highest BCUT2D eigenvalue weighted by Gasteiger charge is 2.00. The molecule has 0 spiro atoms. The molecule has 13 heavy (non-hydrogen) atoms. The van der Waals surface area contributed by atoms with Crippen molar-refractivity contribution in [3.63, 3.8) is 0 Å². The van der Waals surface area contributed by atoms with Crippen LogP contribution in [0.15, 0.2) is 0 Å². The van der Waals surface area contributed by atoms with Gasteiger partial charge in [-0.1, -0.05) is 34.1 Å². The maximum atomic E-state index is 3.62. The molecule has 0 aliphatic rings. The average molecular weight is 202 g/mol. The first-order valence-corrected chi connectivity index (χ1v) is 7.38. The summed E-state index contributed by atoms with van der Waals surface area (Å²) < 4.78 is 0. The summed E-state index contributed by atoms with van der Waals surface area (Å²) in [6.07, 6.45) is 1.33. The predicted octanol–water partition coefficient (Wildman–Crippen LogP) is 1.42. The zero-order valence-corrected chi connectivity index (χ0v) is 11.2. The zero-order valence-electron chi connectivity index (χ0n) is 9.77. The van der Waals surface area contributed by atoms with Crippen LogP contribution in [-0.2, 0) is 0 Å². The molecule has 0 fully saturated rings. The lowest BCUT2D eigenvalue weighted by Gasteiger charge is -2.19. The Bertz CT molecular complexity index is 105. The van der Waals surface area contributed by atoms with E-state index in [0.717, 1.165) is 12.6 Å². The third kappa shape index (κ3) is 7.23. The lowest BCUT2D eigenvalue weighted by Crippen LogP contribution is -2.36. The van der Waals surface area contributed by atoms with Crippen LogP contribution in [0.2, 0.25) is 6.04 Å². The van der Waals surface area contributed by atoms with Crippen molar-refractivity contribution >= 4 is 9.68 Å². The molecule has 0 aromatic rings. The van der Waals surface area contributed by atoms with Gasteiger partial charge < -0.3 is 4.98 Å². The van der Waals surface area contributed by atoms with Crippen molar-refractivity contribution in [2.75, 3.05) is 19.8 Å². The van der Waals surface area contributed by atoms with E-state index >= 15 is 0 Å². The van der Waals surface area contributed by atoms with E-state index in [1.165, 1.54) is 25.6 Å². The van der Waals surface area contributed by atoms with Crippen LogP contribution < -0.4 is 4.98 Å². The van der Waals surface area contributed by atoms with E-state index in [-0.39, 0.29) is 9.68 Å². The molecule has 0 aliphatic heterocycles. The van der Waals surface area contributed by atoms with Gasteiger partial charge in [0.2, 0.25) is 0 Å². The van der Waals surface area contributed by atoms with Crippen LogP contribution in [0.25, 0.3) is 0 Å². The normalized spacial score (nSPS) is 14.5. The van der Waals surface area contributed by atoms with Crippen molar-refractivity contribution in [2.45, 2.75) is 40.2 Å². The van der Waals surface area contributed by atoms with Crippen LogP contribution in [0.1, 0.15) is 34.1 Å². The highest BCUT2D eigenvalue weighted by Crippen LogP contribution is 2.04. The molecule has 0 aromatic heterocycles. The monoisotopic (exact) mass is 202 g/mol. The molecule has 2 nitrogen and oxygen atoms in total. The minimum absolute atomic E-state index is 0.000247. The second-order valence-corrected chi connectivity index (χ2v) is 5.34. The van der Waals surface area contributed by atoms with Crippen LogP contribution in [0.5, 0.6) is 0 Å². The van der Waals surface area contributed by atoms with Gasteiger partial charge in [-0.15, -0.1) is 0 Å². The van der Waals surface area contributed by atoms with Crippen LogP contribution in [0, 0.1) is 5.92 Å². The fraction of sp³-hybridized carbons (Fsp3) is 1.00. The van der Waals surface area contributed by atoms with E-state index in [9.17, 15) is 0 Å². The Kier molecular flexibility index (Phi) is 8.81. The van der Waals surface area contributed by atoms with E-state index in [4.69, 9.17) is 0 Å². The van der Waals surface area contributed by atoms with Gasteiger partial charge in [-0.05, 0) is 25.1 Å². The Morgan fingerprint density at radius 2 is 1.85 bits per heavy atom. The third-order valence-electron chi connectivity index (χ3n) is 2.74. The van der Waals surface area contributed by atoms with E-state index in [1.807, 2.05) is 0 Å². The Morgan fingerprint density at radius 3 is 2.31 bits per heavy atom. The minimum Gasteiger partial charge on any atom is -0.330 e. The Morgan fingerprint density at radius 1 is 1.23 bits per heavy atom. The third-order valence-corrected chi connectivity index (χ3v) is 4.59. The first-order chi connectivity index (χ1) is 6.24. The Hall–Kier alpha value is 0.137. The first-order valence-electron chi connectivity index (χ1n) is 5.67. The molecule has 3 heteroatoms. The molecule has 0 aliphatic carbocycles. The second-order valence-electron chi connectivity index (χ2n) is 3.76. The molecule has 0 saturated heterocycles. The maximum absolute atomic E-state index is 3.62. The van der Waals surface area contributed by atoms with E-state index < -0.39 is 0 Å². The van der Waals surface area contributed by atoms with Gasteiger partial charge in [0.15, 0.2) is 0 Å². The fourth-order valence-electron chi connectivity index (χ4n) is 1.24. The van der Waals surface area contributed by atoms with E-state index in [0.29, 0.717) is 0 Å². The predicted molar refractivity (Wildman–Crippen MR) is 63.7 cm³/mol. The van der Waals surface area contributed by atoms with Crippen molar-refractivity contribution in [1.29, 1.82) is 0 Å². The summed E-state index contributed by atoms with van der Waals surface area (Å²) in [6.45, 7) is 12.5. The molecule has 1 N–H and O–H groups in total. The van der Waals surface area contributed by atoms with Gasteiger partial charge in [0.1, 0.15) is 0 Å². The minimum atomic E-state index is -0.000247. The van der Waals surface area contributed by atoms with Crippen molar-refractivity contribution in [3.8, 4) is 0 Å². The lowest BCUT2D eigenvalue weighted by molar-refractivity contribution is 0.300. The van der Waals surface area contributed by atoms with Crippen molar-refractivity contribution in [1.82, 2.24) is 9.88 Å². The molecule has 0 bridgehead atoms. The molecule has 1 unspecified atom stereocenters. The molecule has 0 amide bonds. The van der Waals surface area contributed by atoms with Crippen molar-refractivity contribution < 1.29 is 0 Å². The molecule has 0 saturated carbocycles. The largest absolute Gasteiger partial charge is 0.330 e. The summed E-state index contributed by atoms with van der Waals surface area (Å²) in [7, 11) is -0.000247. The number of rotatable bonds is 8. The summed E-state index contributed by atoms with van der Waals surface area (Å²) in [6, 6.07) is 1.44. The van der Waals surface area contributed by atoms with Crippen LogP contribution in [0.3, 0.4) is 0 Å². The average Bonchev–Trinajstić information content (AvgIpc) is 2.18. The molecular formula is C10H26N2Si. The fourth-order valence-corrected chi connectivity index (χ4v) is 2.82. The summed E-state index contributed by atoms with van der Waals surface area (Å²) in [5.74, 6) is 0.927. The van der Waals surface area contributed by atoms with Crippen LogP contribution in [-0.4, -0.2) is 34.3 Å². The highest BCUT2D eigenvalue weighted by molar-refractivity contribution is 6.32. The van der Waals surface area contributed by atoms with Crippen molar-refractivity contribution in [2.24, 2.45) is 5.92 Å². The standard InChI is InChI=1S/C10H26N2Si/c1-5-10(4)8-13-11-9-12(6-2)7-3/h10-11H,5-9,13H2,1-4H3. The number of nitrogens with zero attached hydrogens (tertiary/aromatic N) is 1. The van der Waals surface area contributed by atoms with Crippen LogP contribution in [0.4, 0.5) is 0 Å². The lowest BCUT2D eigenvalue weighted by atomic mass is 10.2. The number of hydrogen-bond acceptors (Lipinski definition) is 2. The first kappa shape index (κ1) is 13.1. The number of nitrogens with one attached hydrogen (secondary N) is 1. The molecule has 80 valence electrons. The SMILES string of the molecule is CCC(C)C[SiH2]NCN(CC)CC. The highest BCUT2D eigenvalue weighted by atomic mass is 28.2. The number of hydrogen-bond donors (Lipinski definition) is 1. The summed E-state index contributed by atoms with van der Waals surface area (Å²) >= 11 is 0. The summed E-state index contributed by atoms with van der Waals surface area (Å²) in [5, 5.41) is 0. The molecule has 0 heterocycles. The van der Waals surface area contributed by atoms with Gasteiger partial charge >= 0.3 is 0 Å². The van der Waals surface area contributed by atoms with E-state index in [2.05, 4.69) is 37.6 Å². The van der Waals surface area contributed by atoms with Gasteiger partial charge in [0, 0.05) is 6.67 Å². The molecule has 0 aromatic carbocycles. The zero-order chi connectivity index (χ0) is 10.1. The van der Waals surface area contributed by atoms with Gasteiger partial charge in [-0.3, -0.25) is 4.90 Å². The summed E-state index contributed by atoms with van der Waals surface area (Å²) in [5.41, 5.74) is 0. The van der Waals surface area contributed by atoms with Crippen molar-refractivity contribution in [3.05, 3.63) is 0 Å². The van der Waals surface area contributed by atoms with Gasteiger partial charge in [-0.25, -0.2) is 0 Å². The second kappa shape index (κ2) is 8.72. The quantitative estimate of drug-likeness (QED) is 0.364. The van der Waals surface area contributed by atoms with Gasteiger partial charge in [0.25, 0.3) is 0 Å².